The molecule has 0 spiro atoms. The van der Waals surface area contributed by atoms with Gasteiger partial charge in [0, 0.05) is 11.6 Å². The van der Waals surface area contributed by atoms with Gasteiger partial charge >= 0.3 is 19.4 Å². The van der Waals surface area contributed by atoms with Crippen LogP contribution in [0.3, 0.4) is 0 Å². The van der Waals surface area contributed by atoms with Crippen molar-refractivity contribution in [2.75, 3.05) is 12.3 Å². The minimum Gasteiger partial charge on any atom is -0.462 e. The van der Waals surface area contributed by atoms with Crippen molar-refractivity contribution < 1.29 is 37.4 Å². The van der Waals surface area contributed by atoms with Crippen molar-refractivity contribution in [2.45, 2.75) is 63.9 Å². The third kappa shape index (κ3) is 6.89. The zero-order valence-corrected chi connectivity index (χ0v) is 25.7. The Bertz CT molecular complexity index is 1530. The molecule has 1 saturated heterocycles. The van der Waals surface area contributed by atoms with E-state index in [1.54, 1.807) is 38.1 Å². The van der Waals surface area contributed by atoms with Gasteiger partial charge in [0.15, 0.2) is 11.9 Å². The number of halogens is 2. The quantitative estimate of drug-likeness (QED) is 0.160. The first-order valence-corrected chi connectivity index (χ1v) is 15.3. The molecule has 1 unspecified atom stereocenters. The second-order valence-electron chi connectivity index (χ2n) is 9.99. The second-order valence-corrected chi connectivity index (χ2v) is 12.8. The molecule has 0 bridgehead atoms. The van der Waals surface area contributed by atoms with Gasteiger partial charge in [0.1, 0.15) is 29.8 Å². The lowest BCUT2D eigenvalue weighted by Crippen LogP contribution is -2.43. The molecule has 0 amide bonds. The Morgan fingerprint density at radius 3 is 2.68 bits per heavy atom. The van der Waals surface area contributed by atoms with Crippen molar-refractivity contribution in [3.8, 4) is 5.75 Å². The molecule has 0 aliphatic carbocycles. The number of aliphatic hydroxyl groups is 1. The smallest absolute Gasteiger partial charge is 0.459 e. The topological polar surface area (TPSA) is 164 Å². The molecule has 0 saturated carbocycles. The van der Waals surface area contributed by atoms with Crippen LogP contribution in [0.15, 0.2) is 53.5 Å². The van der Waals surface area contributed by atoms with Crippen molar-refractivity contribution in [3.63, 3.8) is 0 Å². The predicted molar refractivity (Wildman–Crippen MR) is 157 cm³/mol. The number of nitrogens with one attached hydrogen (secondary N) is 1. The summed E-state index contributed by atoms with van der Waals surface area (Å²) in [5, 5.41) is 14.8. The molecular weight excluding hydrogens is 673 g/mol. The fraction of sp³-hybridized carbons (Fsp3) is 0.423. The fourth-order valence-corrected chi connectivity index (χ4v) is 6.21. The molecule has 2 aromatic carbocycles. The summed E-state index contributed by atoms with van der Waals surface area (Å²) in [7, 11) is -4.40. The molecule has 0 radical (unpaired) electrons. The molecule has 4 rings (SSSR count). The van der Waals surface area contributed by atoms with E-state index in [9.17, 15) is 19.3 Å². The van der Waals surface area contributed by atoms with Crippen LogP contribution in [-0.4, -0.2) is 57.3 Å². The van der Waals surface area contributed by atoms with Gasteiger partial charge in [-0.15, -0.1) is 0 Å². The number of aromatic nitrogens is 2. The third-order valence-corrected chi connectivity index (χ3v) is 8.80. The molecule has 41 heavy (non-hydrogen) atoms. The van der Waals surface area contributed by atoms with Crippen molar-refractivity contribution in [3.05, 3.63) is 62.7 Å². The highest BCUT2D eigenvalue weighted by atomic mass is 127. The normalized spacial score (nSPS) is 24.7. The van der Waals surface area contributed by atoms with Crippen LogP contribution in [0.5, 0.6) is 5.75 Å². The van der Waals surface area contributed by atoms with Crippen LogP contribution in [-0.2, 0) is 23.4 Å². The Balaban J connectivity index is 1.60. The molecule has 1 aliphatic heterocycles. The first-order valence-electron chi connectivity index (χ1n) is 12.7. The maximum absolute atomic E-state index is 15.8. The lowest BCUT2D eigenvalue weighted by Gasteiger charge is -2.26. The number of rotatable bonds is 10. The number of nitrogens with zero attached hydrogens (tertiary/aromatic N) is 2. The van der Waals surface area contributed by atoms with Crippen LogP contribution in [0, 0.1) is 3.57 Å². The summed E-state index contributed by atoms with van der Waals surface area (Å²) in [5.41, 5.74) is 2.32. The van der Waals surface area contributed by atoms with Gasteiger partial charge in [-0.25, -0.2) is 13.8 Å². The number of esters is 1. The number of carbonyl (C=O) groups excluding carboxylic acids is 1. The molecule has 4 N–H and O–H groups in total. The monoisotopic (exact) mass is 704 g/mol. The number of hydrogen-bond acceptors (Lipinski definition) is 10. The lowest BCUT2D eigenvalue weighted by molar-refractivity contribution is -0.149. The van der Waals surface area contributed by atoms with E-state index in [0.29, 0.717) is 8.96 Å². The fourth-order valence-electron chi connectivity index (χ4n) is 4.27. The summed E-state index contributed by atoms with van der Waals surface area (Å²) in [4.78, 5) is 28.6. The van der Waals surface area contributed by atoms with Crippen molar-refractivity contribution in [1.82, 2.24) is 14.6 Å². The Morgan fingerprint density at radius 2 is 1.98 bits per heavy atom. The molecule has 6 atom stereocenters. The van der Waals surface area contributed by atoms with Crippen LogP contribution in [0.4, 0.5) is 10.2 Å². The summed E-state index contributed by atoms with van der Waals surface area (Å²) >= 11 is 1.83. The van der Waals surface area contributed by atoms with Gasteiger partial charge in [0.05, 0.1) is 16.3 Å². The first kappa shape index (κ1) is 31.3. The van der Waals surface area contributed by atoms with E-state index >= 15 is 4.39 Å². The van der Waals surface area contributed by atoms with Gasteiger partial charge in [-0.05, 0) is 61.7 Å². The number of nitrogen functional groups attached to an aromatic ring is 1. The molecule has 1 aromatic heterocycles. The van der Waals surface area contributed by atoms with E-state index in [0.717, 1.165) is 16.9 Å². The van der Waals surface area contributed by atoms with E-state index in [1.165, 1.54) is 13.1 Å². The van der Waals surface area contributed by atoms with E-state index in [4.69, 9.17) is 24.3 Å². The maximum Gasteiger partial charge on any atom is 0.459 e. The SMILES string of the molecule is CC(C)OC(=O)[C@@H](C)NP(=O)(OC[C@H]1O[C@@H](n2cc(I)c(N)nc2=O)[C@](C)(F)[C@@H]1O)Oc1cccc2ccccc12. The van der Waals surface area contributed by atoms with Crippen LogP contribution in [0.1, 0.15) is 33.9 Å². The number of nitrogens with two attached hydrogens (primary N) is 1. The molecule has 15 heteroatoms. The minimum atomic E-state index is -4.40. The number of benzene rings is 2. The zero-order valence-electron chi connectivity index (χ0n) is 22.7. The standard InChI is InChI=1S/C26H31FIN4O8P/c1-14(2)38-23(34)15(3)31-41(36,40-19-11-7-9-16-8-5-6-10-17(16)19)37-13-20-21(33)26(4,27)24(39-20)32-12-18(28)22(29)30-25(32)35/h5-12,14-15,20-21,24,33H,13H2,1-4H3,(H,31,36)(H2,29,30,35)/t15-,20-,21-,24-,26-,41?/m1/s1. The number of anilines is 1. The zero-order chi connectivity index (χ0) is 30.1. The third-order valence-electron chi connectivity index (χ3n) is 6.34. The van der Waals surface area contributed by atoms with Gasteiger partial charge < -0.3 is 24.8 Å². The minimum absolute atomic E-state index is 0.0337. The average Bonchev–Trinajstić information content (AvgIpc) is 3.13. The summed E-state index contributed by atoms with van der Waals surface area (Å²) in [6, 6.07) is 11.2. The molecule has 1 aliphatic rings. The molecule has 222 valence electrons. The van der Waals surface area contributed by atoms with Crippen LogP contribution >= 0.6 is 30.3 Å². The predicted octanol–water partition coefficient (Wildman–Crippen LogP) is 3.70. The number of fused-ring (bicyclic) bond motifs is 1. The van der Waals surface area contributed by atoms with Gasteiger partial charge in [0.2, 0.25) is 0 Å². The largest absolute Gasteiger partial charge is 0.462 e. The molecule has 2 heterocycles. The van der Waals surface area contributed by atoms with Gasteiger partial charge in [-0.2, -0.15) is 10.1 Å². The Labute approximate surface area is 249 Å². The number of alkyl halides is 1. The second kappa shape index (κ2) is 12.3. The van der Waals surface area contributed by atoms with Crippen LogP contribution in [0.2, 0.25) is 0 Å². The van der Waals surface area contributed by atoms with E-state index in [2.05, 4.69) is 10.1 Å². The van der Waals surface area contributed by atoms with Crippen molar-refractivity contribution in [2.24, 2.45) is 0 Å². The highest BCUT2D eigenvalue weighted by molar-refractivity contribution is 14.1. The summed E-state index contributed by atoms with van der Waals surface area (Å²) in [5.74, 6) is -0.546. The van der Waals surface area contributed by atoms with Crippen LogP contribution < -0.4 is 21.0 Å². The maximum atomic E-state index is 15.8. The highest BCUT2D eigenvalue weighted by Gasteiger charge is 2.56. The molecular formula is C26H31FIN4O8P. The average molecular weight is 704 g/mol. The summed E-state index contributed by atoms with van der Waals surface area (Å²) in [6.07, 6.45) is -3.94. The van der Waals surface area contributed by atoms with Gasteiger partial charge in [0.25, 0.3) is 0 Å². The summed E-state index contributed by atoms with van der Waals surface area (Å²) in [6.45, 7) is 5.18. The van der Waals surface area contributed by atoms with Crippen molar-refractivity contribution >= 4 is 52.9 Å². The molecule has 1 fully saturated rings. The number of aliphatic hydroxyl groups excluding tert-OH is 1. The van der Waals surface area contributed by atoms with Gasteiger partial charge in [-0.3, -0.25) is 13.9 Å². The Morgan fingerprint density at radius 1 is 1.29 bits per heavy atom. The van der Waals surface area contributed by atoms with E-state index in [-0.39, 0.29) is 11.6 Å². The Hall–Kier alpha value is -2.62. The number of ether oxygens (including phenoxy) is 2. The molecule has 3 aromatic rings. The Kier molecular flexibility index (Phi) is 9.41. The van der Waals surface area contributed by atoms with E-state index in [1.807, 2.05) is 40.8 Å². The lowest BCUT2D eigenvalue weighted by atomic mass is 9.98. The number of hydrogen-bond donors (Lipinski definition) is 3. The van der Waals surface area contributed by atoms with Gasteiger partial charge in [-0.1, -0.05) is 36.4 Å². The van der Waals surface area contributed by atoms with Crippen molar-refractivity contribution in [1.29, 1.82) is 0 Å². The summed E-state index contributed by atoms with van der Waals surface area (Å²) < 4.78 is 53.5. The highest BCUT2D eigenvalue weighted by Crippen LogP contribution is 2.48. The number of carbonyl (C=O) groups is 1. The first-order chi connectivity index (χ1) is 19.2. The van der Waals surface area contributed by atoms with E-state index < -0.39 is 62.3 Å². The van der Waals surface area contributed by atoms with Crippen LogP contribution in [0.25, 0.3) is 10.8 Å². The molecule has 12 nitrogen and oxygen atoms in total.